The number of rotatable bonds is 3. The molecule has 0 bridgehead atoms. The Morgan fingerprint density at radius 3 is 2.53 bits per heavy atom. The summed E-state index contributed by atoms with van der Waals surface area (Å²) in [6.45, 7) is 0. The van der Waals surface area contributed by atoms with Gasteiger partial charge in [0.15, 0.2) is 0 Å². The first kappa shape index (κ1) is 11.5. The Balaban J connectivity index is 2.62. The van der Waals surface area contributed by atoms with Crippen molar-refractivity contribution >= 4 is 11.6 Å². The average Bonchev–Trinajstić information content (AvgIpc) is 2.62. The van der Waals surface area contributed by atoms with Gasteiger partial charge in [0.2, 0.25) is 0 Å². The summed E-state index contributed by atoms with van der Waals surface area (Å²) < 4.78 is 10.2. The van der Waals surface area contributed by atoms with Gasteiger partial charge in [-0.05, 0) is 6.07 Å². The molecule has 0 atom stereocenters. The lowest BCUT2D eigenvalue weighted by atomic mass is 10.1. The number of benzene rings is 1. The molecule has 0 aliphatic carbocycles. The van der Waals surface area contributed by atoms with E-state index >= 15 is 0 Å². The van der Waals surface area contributed by atoms with E-state index in [0.29, 0.717) is 11.1 Å². The second-order valence-corrected chi connectivity index (χ2v) is 3.47. The van der Waals surface area contributed by atoms with Crippen molar-refractivity contribution in [3.63, 3.8) is 0 Å². The molecule has 1 aliphatic rings. The van der Waals surface area contributed by atoms with Gasteiger partial charge in [0.05, 0.1) is 16.1 Å². The number of nitrogens with one attached hydrogen (secondary N) is 1. The first-order valence-electron chi connectivity index (χ1n) is 4.76. The summed E-state index contributed by atoms with van der Waals surface area (Å²) in [4.78, 5) is 21.8. The Labute approximate surface area is 96.5 Å². The van der Waals surface area contributed by atoms with E-state index in [1.54, 1.807) is 0 Å². The van der Waals surface area contributed by atoms with Crippen molar-refractivity contribution in [2.75, 3.05) is 14.2 Å². The van der Waals surface area contributed by atoms with Crippen LogP contribution in [0, 0.1) is 10.1 Å². The number of amides is 1. The van der Waals surface area contributed by atoms with Crippen LogP contribution in [0.25, 0.3) is 0 Å². The highest BCUT2D eigenvalue weighted by atomic mass is 16.7. The van der Waals surface area contributed by atoms with E-state index < -0.39 is 16.7 Å². The van der Waals surface area contributed by atoms with E-state index in [2.05, 4.69) is 5.32 Å². The number of methoxy groups -OCH3 is 2. The van der Waals surface area contributed by atoms with Crippen LogP contribution in [0.4, 0.5) is 5.69 Å². The third kappa shape index (κ3) is 1.56. The summed E-state index contributed by atoms with van der Waals surface area (Å²) in [5.74, 6) is -1.84. The molecule has 7 heteroatoms. The van der Waals surface area contributed by atoms with E-state index in [9.17, 15) is 14.9 Å². The van der Waals surface area contributed by atoms with Gasteiger partial charge in [-0.3, -0.25) is 20.2 Å². The molecule has 1 aromatic carbocycles. The minimum Gasteiger partial charge on any atom is -0.332 e. The minimum absolute atomic E-state index is 0.126. The van der Waals surface area contributed by atoms with Crippen LogP contribution >= 0.6 is 0 Å². The van der Waals surface area contributed by atoms with Crippen molar-refractivity contribution in [2.45, 2.75) is 5.91 Å². The van der Waals surface area contributed by atoms with Crippen molar-refractivity contribution < 1.29 is 19.2 Å². The molecule has 1 aromatic rings. The van der Waals surface area contributed by atoms with Crippen LogP contribution in [0.2, 0.25) is 0 Å². The molecule has 0 fully saturated rings. The van der Waals surface area contributed by atoms with E-state index in [0.717, 1.165) is 0 Å². The van der Waals surface area contributed by atoms with Crippen LogP contribution in [0.1, 0.15) is 15.9 Å². The first-order valence-corrected chi connectivity index (χ1v) is 4.76. The molecule has 0 radical (unpaired) electrons. The smallest absolute Gasteiger partial charge is 0.280 e. The van der Waals surface area contributed by atoms with E-state index in [1.807, 2.05) is 0 Å². The number of nitrogens with zero attached hydrogens (tertiary/aromatic N) is 1. The fourth-order valence-electron chi connectivity index (χ4n) is 1.81. The molecule has 1 aliphatic heterocycles. The van der Waals surface area contributed by atoms with Crippen LogP contribution in [-0.4, -0.2) is 25.1 Å². The molecular formula is C10H10N2O5. The molecule has 7 nitrogen and oxygen atoms in total. The van der Waals surface area contributed by atoms with Gasteiger partial charge < -0.3 is 9.47 Å². The second-order valence-electron chi connectivity index (χ2n) is 3.47. The second kappa shape index (κ2) is 3.79. The predicted octanol–water partition coefficient (Wildman–Crippen LogP) is 0.741. The maximum Gasteiger partial charge on any atom is 0.280 e. The maximum atomic E-state index is 11.6. The van der Waals surface area contributed by atoms with Crippen LogP contribution in [-0.2, 0) is 15.4 Å². The normalized spacial score (nSPS) is 16.5. The van der Waals surface area contributed by atoms with E-state index in [4.69, 9.17) is 9.47 Å². The van der Waals surface area contributed by atoms with Gasteiger partial charge in [-0.1, -0.05) is 0 Å². The summed E-state index contributed by atoms with van der Waals surface area (Å²) in [6.07, 6.45) is 0. The molecule has 17 heavy (non-hydrogen) atoms. The SMILES string of the molecule is COC1(OC)NC(=O)c2ccc([N+](=O)[O-])cc21. The first-order chi connectivity index (χ1) is 8.04. The quantitative estimate of drug-likeness (QED) is 0.476. The Morgan fingerprint density at radius 1 is 1.35 bits per heavy atom. The fourth-order valence-corrected chi connectivity index (χ4v) is 1.81. The number of hydrogen-bond donors (Lipinski definition) is 1. The average molecular weight is 238 g/mol. The zero-order valence-corrected chi connectivity index (χ0v) is 9.22. The molecule has 1 amide bonds. The van der Waals surface area contributed by atoms with Gasteiger partial charge in [0.25, 0.3) is 17.5 Å². The molecule has 0 aromatic heterocycles. The highest BCUT2D eigenvalue weighted by Crippen LogP contribution is 2.34. The largest absolute Gasteiger partial charge is 0.332 e. The highest BCUT2D eigenvalue weighted by Gasteiger charge is 2.45. The number of hydrogen-bond acceptors (Lipinski definition) is 5. The van der Waals surface area contributed by atoms with Crippen molar-refractivity contribution in [3.05, 3.63) is 39.4 Å². The molecule has 0 saturated carbocycles. The highest BCUT2D eigenvalue weighted by molar-refractivity contribution is 5.99. The molecule has 1 heterocycles. The van der Waals surface area contributed by atoms with Crippen molar-refractivity contribution in [1.29, 1.82) is 0 Å². The summed E-state index contributed by atoms with van der Waals surface area (Å²) in [6, 6.07) is 3.91. The van der Waals surface area contributed by atoms with Gasteiger partial charge in [0.1, 0.15) is 0 Å². The molecular weight excluding hydrogens is 228 g/mol. The van der Waals surface area contributed by atoms with Crippen molar-refractivity contribution in [1.82, 2.24) is 5.32 Å². The third-order valence-corrected chi connectivity index (χ3v) is 2.67. The zero-order valence-electron chi connectivity index (χ0n) is 9.22. The number of nitro benzene ring substituents is 1. The van der Waals surface area contributed by atoms with Gasteiger partial charge >= 0.3 is 0 Å². The standard InChI is InChI=1S/C10H10N2O5/c1-16-10(17-2)8-5-6(12(14)15)3-4-7(8)9(13)11-10/h3-5H,1-2H3,(H,11,13). The Hall–Kier alpha value is -1.99. The lowest BCUT2D eigenvalue weighted by molar-refractivity contribution is -0.385. The van der Waals surface area contributed by atoms with Crippen molar-refractivity contribution in [2.24, 2.45) is 0 Å². The van der Waals surface area contributed by atoms with Gasteiger partial charge in [0, 0.05) is 26.4 Å². The Bertz CT molecular complexity index is 495. The number of carbonyl (C=O) groups excluding carboxylic acids is 1. The molecule has 2 rings (SSSR count). The summed E-state index contributed by atoms with van der Waals surface area (Å²) in [7, 11) is 2.69. The monoisotopic (exact) mass is 238 g/mol. The Kier molecular flexibility index (Phi) is 2.56. The fraction of sp³-hybridized carbons (Fsp3) is 0.300. The van der Waals surface area contributed by atoms with E-state index in [1.165, 1.54) is 32.4 Å². The van der Waals surface area contributed by atoms with Crippen LogP contribution < -0.4 is 5.32 Å². The van der Waals surface area contributed by atoms with Gasteiger partial charge in [-0.2, -0.15) is 0 Å². The molecule has 0 spiro atoms. The van der Waals surface area contributed by atoms with E-state index in [-0.39, 0.29) is 5.69 Å². The predicted molar refractivity (Wildman–Crippen MR) is 56.3 cm³/mol. The summed E-state index contributed by atoms with van der Waals surface area (Å²) >= 11 is 0. The number of non-ortho nitro benzene ring substituents is 1. The molecule has 1 N–H and O–H groups in total. The topological polar surface area (TPSA) is 90.7 Å². The van der Waals surface area contributed by atoms with Crippen LogP contribution in [0.15, 0.2) is 18.2 Å². The maximum absolute atomic E-state index is 11.6. The van der Waals surface area contributed by atoms with Crippen molar-refractivity contribution in [3.8, 4) is 0 Å². The molecule has 90 valence electrons. The lowest BCUT2D eigenvalue weighted by Crippen LogP contribution is -2.42. The third-order valence-electron chi connectivity index (χ3n) is 2.67. The number of ether oxygens (including phenoxy) is 2. The van der Waals surface area contributed by atoms with Crippen LogP contribution in [0.5, 0.6) is 0 Å². The number of fused-ring (bicyclic) bond motifs is 1. The summed E-state index contributed by atoms with van der Waals surface area (Å²) in [5, 5.41) is 13.2. The zero-order chi connectivity index (χ0) is 12.6. The number of carbonyl (C=O) groups is 1. The van der Waals surface area contributed by atoms with Gasteiger partial charge in [-0.15, -0.1) is 0 Å². The minimum atomic E-state index is -1.45. The van der Waals surface area contributed by atoms with Gasteiger partial charge in [-0.25, -0.2) is 0 Å². The molecule has 0 unspecified atom stereocenters. The van der Waals surface area contributed by atoms with Crippen LogP contribution in [0.3, 0.4) is 0 Å². The molecule has 0 saturated heterocycles. The summed E-state index contributed by atoms with van der Waals surface area (Å²) in [5.41, 5.74) is 0.486. The lowest BCUT2D eigenvalue weighted by Gasteiger charge is -2.25. The Morgan fingerprint density at radius 2 is 2.00 bits per heavy atom. The number of nitro groups is 1.